The second kappa shape index (κ2) is 7.10. The second-order valence-electron chi connectivity index (χ2n) is 4.71. The Morgan fingerprint density at radius 1 is 1.26 bits per heavy atom. The van der Waals surface area contributed by atoms with E-state index < -0.39 is 0 Å². The number of hydrogen-bond acceptors (Lipinski definition) is 6. The highest BCUT2D eigenvalue weighted by atomic mass is 32.2. The molecule has 2 aromatic heterocycles. The summed E-state index contributed by atoms with van der Waals surface area (Å²) in [5.41, 5.74) is 0.692. The van der Waals surface area contributed by atoms with Gasteiger partial charge in [0.15, 0.2) is 0 Å². The number of carbonyl (C=O) groups is 1. The van der Waals surface area contributed by atoms with Crippen molar-refractivity contribution in [3.05, 3.63) is 42.6 Å². The van der Waals surface area contributed by atoms with Crippen molar-refractivity contribution in [2.45, 2.75) is 11.3 Å². The van der Waals surface area contributed by atoms with Crippen molar-refractivity contribution in [2.75, 3.05) is 11.1 Å². The van der Waals surface area contributed by atoms with Crippen molar-refractivity contribution < 1.29 is 9.21 Å². The van der Waals surface area contributed by atoms with Crippen LogP contribution in [0.15, 0.2) is 51.9 Å². The maximum Gasteiger partial charge on any atom is 0.322 e. The van der Waals surface area contributed by atoms with Gasteiger partial charge in [0.25, 0.3) is 5.89 Å². The minimum absolute atomic E-state index is 0.0934. The lowest BCUT2D eigenvalue weighted by Gasteiger charge is -2.01. The van der Waals surface area contributed by atoms with Crippen molar-refractivity contribution in [2.24, 2.45) is 7.05 Å². The molecule has 0 aliphatic carbocycles. The van der Waals surface area contributed by atoms with E-state index in [9.17, 15) is 4.79 Å². The summed E-state index contributed by atoms with van der Waals surface area (Å²) >= 11 is 1.63. The molecular weight excluding hydrogens is 314 g/mol. The Morgan fingerprint density at radius 3 is 2.83 bits per heavy atom. The fourth-order valence-corrected chi connectivity index (χ4v) is 2.79. The third-order valence-corrected chi connectivity index (χ3v) is 4.07. The van der Waals surface area contributed by atoms with Crippen molar-refractivity contribution in [3.8, 4) is 11.6 Å². The smallest absolute Gasteiger partial charge is 0.322 e. The Morgan fingerprint density at radius 2 is 2.09 bits per heavy atom. The topological polar surface area (TPSA) is 85.8 Å². The van der Waals surface area contributed by atoms with Gasteiger partial charge in [0.1, 0.15) is 5.69 Å². The number of aryl methyl sites for hydroxylation is 1. The third-order valence-electron chi connectivity index (χ3n) is 3.05. The number of nitrogens with one attached hydrogen (secondary N) is 1. The Balaban J connectivity index is 1.50. The van der Waals surface area contributed by atoms with E-state index in [0.717, 1.165) is 4.90 Å². The molecule has 0 radical (unpaired) electrons. The van der Waals surface area contributed by atoms with Crippen molar-refractivity contribution in [1.29, 1.82) is 0 Å². The predicted octanol–water partition coefficient (Wildman–Crippen LogP) is 2.59. The van der Waals surface area contributed by atoms with Crippen LogP contribution in [0.2, 0.25) is 0 Å². The number of anilines is 1. The van der Waals surface area contributed by atoms with E-state index in [1.54, 1.807) is 35.8 Å². The van der Waals surface area contributed by atoms with E-state index in [4.69, 9.17) is 4.42 Å². The lowest BCUT2D eigenvalue weighted by Crippen LogP contribution is -2.12. The number of aromatic nitrogens is 4. The second-order valence-corrected chi connectivity index (χ2v) is 5.88. The van der Waals surface area contributed by atoms with Crippen molar-refractivity contribution in [1.82, 2.24) is 20.0 Å². The van der Waals surface area contributed by atoms with Gasteiger partial charge >= 0.3 is 6.01 Å². The molecule has 1 aromatic carbocycles. The van der Waals surface area contributed by atoms with Gasteiger partial charge in [-0.2, -0.15) is 5.10 Å². The highest BCUT2D eigenvalue weighted by molar-refractivity contribution is 7.99. The van der Waals surface area contributed by atoms with Gasteiger partial charge in [0.2, 0.25) is 5.91 Å². The van der Waals surface area contributed by atoms with E-state index in [0.29, 0.717) is 23.8 Å². The highest BCUT2D eigenvalue weighted by Gasteiger charge is 2.13. The zero-order valence-corrected chi connectivity index (χ0v) is 13.3. The van der Waals surface area contributed by atoms with Gasteiger partial charge in [-0.15, -0.1) is 16.9 Å². The zero-order chi connectivity index (χ0) is 16.1. The minimum atomic E-state index is -0.159. The molecule has 1 amide bonds. The number of rotatable bonds is 6. The molecule has 23 heavy (non-hydrogen) atoms. The molecule has 0 aliphatic heterocycles. The van der Waals surface area contributed by atoms with Crippen LogP contribution in [-0.4, -0.2) is 31.6 Å². The largest absolute Gasteiger partial charge is 0.401 e. The monoisotopic (exact) mass is 329 g/mol. The van der Waals surface area contributed by atoms with Gasteiger partial charge in [-0.3, -0.25) is 14.8 Å². The Bertz CT molecular complexity index is 784. The van der Waals surface area contributed by atoms with Gasteiger partial charge < -0.3 is 4.42 Å². The van der Waals surface area contributed by atoms with Crippen LogP contribution in [0.5, 0.6) is 0 Å². The molecule has 1 N–H and O–H groups in total. The molecule has 3 rings (SSSR count). The van der Waals surface area contributed by atoms with E-state index >= 15 is 0 Å². The number of thioether (sulfide) groups is 1. The Hall–Kier alpha value is -2.61. The fourth-order valence-electron chi connectivity index (χ4n) is 1.92. The lowest BCUT2D eigenvalue weighted by atomic mass is 10.4. The summed E-state index contributed by atoms with van der Waals surface area (Å²) in [4.78, 5) is 13.0. The van der Waals surface area contributed by atoms with Crippen LogP contribution < -0.4 is 5.32 Å². The van der Waals surface area contributed by atoms with Gasteiger partial charge in [-0.05, 0) is 18.2 Å². The molecule has 2 heterocycles. The lowest BCUT2D eigenvalue weighted by molar-refractivity contribution is -0.115. The molecule has 0 spiro atoms. The van der Waals surface area contributed by atoms with E-state index in [2.05, 4.69) is 20.6 Å². The minimum Gasteiger partial charge on any atom is -0.401 e. The Labute approximate surface area is 137 Å². The molecule has 7 nitrogen and oxygen atoms in total. The summed E-state index contributed by atoms with van der Waals surface area (Å²) in [7, 11) is 1.78. The standard InChI is InChI=1S/C15H15N5O2S/c1-20-12(7-9-16-20)14-18-19-15(22-14)17-13(21)8-10-23-11-5-3-2-4-6-11/h2-7,9H,8,10H2,1H3,(H,17,19,21). The van der Waals surface area contributed by atoms with E-state index in [1.807, 2.05) is 30.3 Å². The first-order valence-corrected chi connectivity index (χ1v) is 8.00. The van der Waals surface area contributed by atoms with Crippen LogP contribution in [-0.2, 0) is 11.8 Å². The average molecular weight is 329 g/mol. The van der Waals surface area contributed by atoms with Crippen LogP contribution in [0.1, 0.15) is 6.42 Å². The average Bonchev–Trinajstić information content (AvgIpc) is 3.17. The molecule has 0 saturated heterocycles. The van der Waals surface area contributed by atoms with Crippen LogP contribution in [0.4, 0.5) is 6.01 Å². The maximum atomic E-state index is 11.9. The van der Waals surface area contributed by atoms with Crippen LogP contribution in [0.25, 0.3) is 11.6 Å². The number of carbonyl (C=O) groups excluding carboxylic acids is 1. The number of amides is 1. The van der Waals surface area contributed by atoms with Crippen LogP contribution in [0, 0.1) is 0 Å². The molecule has 0 saturated carbocycles. The summed E-state index contributed by atoms with van der Waals surface area (Å²) in [5.74, 6) is 0.839. The van der Waals surface area contributed by atoms with Gasteiger partial charge in [-0.1, -0.05) is 23.3 Å². The molecule has 0 atom stereocenters. The molecule has 3 aromatic rings. The maximum absolute atomic E-state index is 11.9. The summed E-state index contributed by atoms with van der Waals surface area (Å²) < 4.78 is 7.04. The van der Waals surface area contributed by atoms with E-state index in [-0.39, 0.29) is 11.9 Å². The normalized spacial score (nSPS) is 10.7. The summed E-state index contributed by atoms with van der Waals surface area (Å²) in [6.07, 6.45) is 2.00. The van der Waals surface area contributed by atoms with Crippen molar-refractivity contribution >= 4 is 23.7 Å². The van der Waals surface area contributed by atoms with E-state index in [1.165, 1.54) is 0 Å². The number of nitrogens with zero attached hydrogens (tertiary/aromatic N) is 4. The third kappa shape index (κ3) is 3.98. The predicted molar refractivity (Wildman–Crippen MR) is 86.9 cm³/mol. The van der Waals surface area contributed by atoms with Gasteiger partial charge in [-0.25, -0.2) is 0 Å². The molecular formula is C15H15N5O2S. The van der Waals surface area contributed by atoms with Gasteiger partial charge in [0, 0.05) is 30.3 Å². The highest BCUT2D eigenvalue weighted by Crippen LogP contribution is 2.20. The summed E-state index contributed by atoms with van der Waals surface area (Å²) in [6, 6.07) is 11.8. The molecule has 118 valence electrons. The van der Waals surface area contributed by atoms with Crippen LogP contribution in [0.3, 0.4) is 0 Å². The first-order valence-electron chi connectivity index (χ1n) is 7.02. The Kier molecular flexibility index (Phi) is 4.72. The molecule has 0 unspecified atom stereocenters. The number of hydrogen-bond donors (Lipinski definition) is 1. The fraction of sp³-hybridized carbons (Fsp3) is 0.200. The number of benzene rings is 1. The molecule has 8 heteroatoms. The quantitative estimate of drug-likeness (QED) is 0.700. The molecule has 0 fully saturated rings. The molecule has 0 bridgehead atoms. The van der Waals surface area contributed by atoms with Crippen LogP contribution >= 0.6 is 11.8 Å². The summed E-state index contributed by atoms with van der Waals surface area (Å²) in [6.45, 7) is 0. The first kappa shape index (κ1) is 15.3. The molecule has 0 aliphatic rings. The summed E-state index contributed by atoms with van der Waals surface area (Å²) in [5, 5.41) is 14.4. The SMILES string of the molecule is Cn1nccc1-c1nnc(NC(=O)CCSc2ccccc2)o1. The first-order chi connectivity index (χ1) is 11.2. The zero-order valence-electron chi connectivity index (χ0n) is 12.5. The van der Waals surface area contributed by atoms with Crippen molar-refractivity contribution in [3.63, 3.8) is 0 Å². The van der Waals surface area contributed by atoms with Gasteiger partial charge in [0.05, 0.1) is 0 Å².